The van der Waals surface area contributed by atoms with Crippen LogP contribution in [0.5, 0.6) is 0 Å². The SMILES string of the molecule is CCCN1CCOC(C(Cc2cccc(Br)c2)NN)C1. The Hall–Kier alpha value is -0.460. The van der Waals surface area contributed by atoms with Gasteiger partial charge in [-0.15, -0.1) is 0 Å². The minimum absolute atomic E-state index is 0.143. The molecule has 3 N–H and O–H groups in total. The summed E-state index contributed by atoms with van der Waals surface area (Å²) in [4.78, 5) is 2.46. The number of hydrogen-bond acceptors (Lipinski definition) is 4. The minimum atomic E-state index is 0.143. The van der Waals surface area contributed by atoms with Crippen LogP contribution in [0.15, 0.2) is 28.7 Å². The molecule has 1 aliphatic heterocycles. The van der Waals surface area contributed by atoms with E-state index in [2.05, 4.69) is 51.4 Å². The molecule has 1 heterocycles. The van der Waals surface area contributed by atoms with Gasteiger partial charge in [-0.05, 0) is 37.1 Å². The minimum Gasteiger partial charge on any atom is -0.374 e. The summed E-state index contributed by atoms with van der Waals surface area (Å²) in [6, 6.07) is 8.50. The van der Waals surface area contributed by atoms with Gasteiger partial charge in [-0.3, -0.25) is 16.2 Å². The van der Waals surface area contributed by atoms with Crippen LogP contribution in [0.1, 0.15) is 18.9 Å². The zero-order valence-electron chi connectivity index (χ0n) is 12.0. The Morgan fingerprint density at radius 3 is 3.10 bits per heavy atom. The molecule has 1 aromatic rings. The number of benzene rings is 1. The fourth-order valence-corrected chi connectivity index (χ4v) is 3.16. The van der Waals surface area contributed by atoms with Crippen molar-refractivity contribution < 1.29 is 4.74 Å². The first-order valence-electron chi connectivity index (χ1n) is 7.27. The van der Waals surface area contributed by atoms with Gasteiger partial charge >= 0.3 is 0 Å². The first kappa shape index (κ1) is 15.9. The molecule has 112 valence electrons. The number of nitrogens with one attached hydrogen (secondary N) is 1. The molecule has 0 saturated carbocycles. The predicted octanol–water partition coefficient (Wildman–Crippen LogP) is 1.93. The van der Waals surface area contributed by atoms with Gasteiger partial charge in [0, 0.05) is 17.6 Å². The van der Waals surface area contributed by atoms with Crippen molar-refractivity contribution >= 4 is 15.9 Å². The second-order valence-corrected chi connectivity index (χ2v) is 6.23. The van der Waals surface area contributed by atoms with E-state index in [0.29, 0.717) is 0 Å². The molecule has 1 saturated heterocycles. The molecular formula is C15H24BrN3O. The third kappa shape index (κ3) is 4.53. The highest BCUT2D eigenvalue weighted by molar-refractivity contribution is 9.10. The van der Waals surface area contributed by atoms with E-state index >= 15 is 0 Å². The van der Waals surface area contributed by atoms with E-state index in [1.165, 1.54) is 12.0 Å². The van der Waals surface area contributed by atoms with Gasteiger partial charge in [0.1, 0.15) is 0 Å². The first-order valence-corrected chi connectivity index (χ1v) is 8.06. The zero-order chi connectivity index (χ0) is 14.4. The number of halogens is 1. The maximum atomic E-state index is 5.91. The smallest absolute Gasteiger partial charge is 0.0871 e. The fraction of sp³-hybridized carbons (Fsp3) is 0.600. The molecule has 2 unspecified atom stereocenters. The van der Waals surface area contributed by atoms with E-state index in [1.54, 1.807) is 0 Å². The average molecular weight is 342 g/mol. The standard InChI is InChI=1S/C15H24BrN3O/c1-2-6-19-7-8-20-15(11-19)14(18-17)10-12-4-3-5-13(16)9-12/h3-5,9,14-15,18H,2,6-8,10-11,17H2,1H3. The maximum absolute atomic E-state index is 5.91. The predicted molar refractivity (Wildman–Crippen MR) is 85.4 cm³/mol. The van der Waals surface area contributed by atoms with Crippen molar-refractivity contribution in [1.29, 1.82) is 0 Å². The Morgan fingerprint density at radius 1 is 1.55 bits per heavy atom. The van der Waals surface area contributed by atoms with Crippen LogP contribution in [0.3, 0.4) is 0 Å². The quantitative estimate of drug-likeness (QED) is 0.613. The van der Waals surface area contributed by atoms with Crippen molar-refractivity contribution in [2.75, 3.05) is 26.2 Å². The van der Waals surface area contributed by atoms with E-state index in [0.717, 1.165) is 37.1 Å². The van der Waals surface area contributed by atoms with Crippen molar-refractivity contribution in [3.8, 4) is 0 Å². The number of hydrogen-bond donors (Lipinski definition) is 2. The third-order valence-corrected chi connectivity index (χ3v) is 4.22. The van der Waals surface area contributed by atoms with Gasteiger partial charge in [0.2, 0.25) is 0 Å². The molecule has 4 nitrogen and oxygen atoms in total. The molecule has 0 spiro atoms. The molecule has 5 heteroatoms. The Labute approximate surface area is 129 Å². The molecule has 0 bridgehead atoms. The Morgan fingerprint density at radius 2 is 2.40 bits per heavy atom. The Bertz CT molecular complexity index is 414. The molecule has 0 aromatic heterocycles. The molecule has 1 aromatic carbocycles. The summed E-state index contributed by atoms with van der Waals surface area (Å²) >= 11 is 3.51. The first-order chi connectivity index (χ1) is 9.72. The van der Waals surface area contributed by atoms with E-state index in [1.807, 2.05) is 6.07 Å². The van der Waals surface area contributed by atoms with Gasteiger partial charge in [-0.1, -0.05) is 35.0 Å². The summed E-state index contributed by atoms with van der Waals surface area (Å²) < 4.78 is 7.01. The van der Waals surface area contributed by atoms with E-state index < -0.39 is 0 Å². The molecule has 1 fully saturated rings. The van der Waals surface area contributed by atoms with Crippen LogP contribution >= 0.6 is 15.9 Å². The highest BCUT2D eigenvalue weighted by atomic mass is 79.9. The number of hydrazine groups is 1. The van der Waals surface area contributed by atoms with Crippen LogP contribution in [-0.2, 0) is 11.2 Å². The second-order valence-electron chi connectivity index (χ2n) is 5.32. The van der Waals surface area contributed by atoms with E-state index in [-0.39, 0.29) is 12.1 Å². The molecule has 20 heavy (non-hydrogen) atoms. The van der Waals surface area contributed by atoms with Gasteiger partial charge in [0.05, 0.1) is 18.8 Å². The lowest BCUT2D eigenvalue weighted by Crippen LogP contribution is -2.54. The summed E-state index contributed by atoms with van der Waals surface area (Å²) in [5.41, 5.74) is 4.20. The number of morpholine rings is 1. The monoisotopic (exact) mass is 341 g/mol. The lowest BCUT2D eigenvalue weighted by Gasteiger charge is -2.36. The van der Waals surface area contributed by atoms with Crippen LogP contribution in [0.2, 0.25) is 0 Å². The van der Waals surface area contributed by atoms with Crippen molar-refractivity contribution in [1.82, 2.24) is 10.3 Å². The van der Waals surface area contributed by atoms with Crippen LogP contribution in [-0.4, -0.2) is 43.3 Å². The summed E-state index contributed by atoms with van der Waals surface area (Å²) in [6.45, 7) is 6.12. The lowest BCUT2D eigenvalue weighted by atomic mass is 10.0. The number of ether oxygens (including phenoxy) is 1. The van der Waals surface area contributed by atoms with Gasteiger partial charge in [-0.2, -0.15) is 0 Å². The highest BCUT2D eigenvalue weighted by Gasteiger charge is 2.27. The van der Waals surface area contributed by atoms with Crippen LogP contribution in [0.4, 0.5) is 0 Å². The topological polar surface area (TPSA) is 50.5 Å². The van der Waals surface area contributed by atoms with Crippen molar-refractivity contribution in [3.63, 3.8) is 0 Å². The van der Waals surface area contributed by atoms with Crippen LogP contribution in [0.25, 0.3) is 0 Å². The van der Waals surface area contributed by atoms with Crippen molar-refractivity contribution in [2.24, 2.45) is 5.84 Å². The Balaban J connectivity index is 1.97. The zero-order valence-corrected chi connectivity index (χ0v) is 13.6. The summed E-state index contributed by atoms with van der Waals surface area (Å²) in [5.74, 6) is 5.75. The van der Waals surface area contributed by atoms with E-state index in [4.69, 9.17) is 10.6 Å². The number of nitrogens with zero attached hydrogens (tertiary/aromatic N) is 1. The lowest BCUT2D eigenvalue weighted by molar-refractivity contribution is -0.0462. The van der Waals surface area contributed by atoms with Crippen LogP contribution < -0.4 is 11.3 Å². The molecule has 0 aliphatic carbocycles. The van der Waals surface area contributed by atoms with Crippen molar-refractivity contribution in [2.45, 2.75) is 31.9 Å². The highest BCUT2D eigenvalue weighted by Crippen LogP contribution is 2.16. The van der Waals surface area contributed by atoms with Crippen molar-refractivity contribution in [3.05, 3.63) is 34.3 Å². The molecule has 2 rings (SSSR count). The fourth-order valence-electron chi connectivity index (χ4n) is 2.71. The van der Waals surface area contributed by atoms with E-state index in [9.17, 15) is 0 Å². The number of rotatable bonds is 6. The largest absolute Gasteiger partial charge is 0.374 e. The molecular weight excluding hydrogens is 318 g/mol. The van der Waals surface area contributed by atoms with Gasteiger partial charge in [0.25, 0.3) is 0 Å². The summed E-state index contributed by atoms with van der Waals surface area (Å²) in [7, 11) is 0. The molecule has 0 radical (unpaired) electrons. The van der Waals surface area contributed by atoms with Gasteiger partial charge in [-0.25, -0.2) is 0 Å². The number of nitrogens with two attached hydrogens (primary N) is 1. The normalized spacial score (nSPS) is 21.9. The molecule has 1 aliphatic rings. The Kier molecular flexibility index (Phi) is 6.45. The molecule has 2 atom stereocenters. The second kappa shape index (κ2) is 8.10. The van der Waals surface area contributed by atoms with Gasteiger partial charge < -0.3 is 4.74 Å². The summed E-state index contributed by atoms with van der Waals surface area (Å²) in [6.07, 6.45) is 2.21. The van der Waals surface area contributed by atoms with Gasteiger partial charge in [0.15, 0.2) is 0 Å². The average Bonchev–Trinajstić information content (AvgIpc) is 2.45. The molecule has 0 amide bonds. The maximum Gasteiger partial charge on any atom is 0.0871 e. The summed E-state index contributed by atoms with van der Waals surface area (Å²) in [5, 5.41) is 0. The third-order valence-electron chi connectivity index (χ3n) is 3.72. The van der Waals surface area contributed by atoms with Crippen LogP contribution in [0, 0.1) is 0 Å².